The maximum atomic E-state index is 5.38. The summed E-state index contributed by atoms with van der Waals surface area (Å²) in [4.78, 5) is 20.6. The van der Waals surface area contributed by atoms with Crippen LogP contribution in [0.5, 0.6) is 0 Å². The van der Waals surface area contributed by atoms with E-state index in [-0.39, 0.29) is 0 Å². The molecule has 4 aromatic heterocycles. The van der Waals surface area contributed by atoms with Crippen LogP contribution in [0.25, 0.3) is 92.8 Å². The molecule has 11 aromatic rings. The minimum Gasteiger partial charge on any atom is -0.293 e. The molecule has 0 amide bonds. The van der Waals surface area contributed by atoms with Gasteiger partial charge in [-0.3, -0.25) is 4.57 Å². The molecule has 0 unspecified atom stereocenters. The maximum Gasteiger partial charge on any atom is 0.163 e. The Bertz CT molecular complexity index is 3200. The van der Waals surface area contributed by atoms with Crippen molar-refractivity contribution in [3.05, 3.63) is 200 Å². The van der Waals surface area contributed by atoms with E-state index in [1.54, 1.807) is 0 Å². The van der Waals surface area contributed by atoms with Crippen LogP contribution in [0.2, 0.25) is 0 Å². The topological polar surface area (TPSA) is 56.5 Å². The lowest BCUT2D eigenvalue weighted by Crippen LogP contribution is -2.08. The number of fused-ring (bicyclic) bond motifs is 7. The molecule has 0 spiro atoms. The molecular formula is C51H33N5S. The summed E-state index contributed by atoms with van der Waals surface area (Å²) >= 11 is 1.86. The number of benzene rings is 7. The zero-order valence-electron chi connectivity index (χ0n) is 30.7. The molecule has 0 atom stereocenters. The molecule has 0 fully saturated rings. The Morgan fingerprint density at radius 2 is 1.04 bits per heavy atom. The van der Waals surface area contributed by atoms with Crippen LogP contribution in [0.4, 0.5) is 0 Å². The number of hydrogen-bond donors (Lipinski definition) is 0. The van der Waals surface area contributed by atoms with Crippen LogP contribution in [-0.2, 0) is 6.42 Å². The zero-order valence-corrected chi connectivity index (χ0v) is 31.6. The van der Waals surface area contributed by atoms with Crippen molar-refractivity contribution in [3.8, 4) is 50.8 Å². The number of aromatic nitrogens is 5. The Morgan fingerprint density at radius 3 is 1.75 bits per heavy atom. The van der Waals surface area contributed by atoms with E-state index in [9.17, 15) is 0 Å². The van der Waals surface area contributed by atoms with Gasteiger partial charge in [0.2, 0.25) is 0 Å². The third-order valence-corrected chi connectivity index (χ3v) is 11.9. The van der Waals surface area contributed by atoms with Crippen LogP contribution in [0.3, 0.4) is 0 Å². The highest BCUT2D eigenvalue weighted by atomic mass is 32.1. The summed E-state index contributed by atoms with van der Waals surface area (Å²) in [5.74, 6) is 2.82. The first kappa shape index (κ1) is 33.1. The number of nitrogens with zero attached hydrogens (tertiary/aromatic N) is 5. The highest BCUT2D eigenvalue weighted by molar-refractivity contribution is 7.26. The maximum absolute atomic E-state index is 5.38. The molecule has 0 aliphatic carbocycles. The predicted molar refractivity (Wildman–Crippen MR) is 236 cm³/mol. The molecule has 7 aromatic carbocycles. The summed E-state index contributed by atoms with van der Waals surface area (Å²) in [6.45, 7) is 0. The molecule has 0 saturated heterocycles. The van der Waals surface area contributed by atoms with Gasteiger partial charge < -0.3 is 0 Å². The Labute approximate surface area is 333 Å². The third-order valence-electron chi connectivity index (χ3n) is 10.7. The van der Waals surface area contributed by atoms with Gasteiger partial charge in [0.25, 0.3) is 0 Å². The van der Waals surface area contributed by atoms with Gasteiger partial charge in [-0.25, -0.2) is 19.9 Å². The van der Waals surface area contributed by atoms with E-state index in [1.807, 2.05) is 78.2 Å². The molecule has 57 heavy (non-hydrogen) atoms. The van der Waals surface area contributed by atoms with E-state index in [2.05, 4.69) is 126 Å². The predicted octanol–water partition coefficient (Wildman–Crippen LogP) is 13.0. The molecule has 6 heteroatoms. The molecule has 4 heterocycles. The van der Waals surface area contributed by atoms with Crippen LogP contribution < -0.4 is 0 Å². The zero-order chi connectivity index (χ0) is 37.7. The summed E-state index contributed by atoms with van der Waals surface area (Å²) in [5, 5.41) is 5.01. The SMILES string of the molecule is c1ccc(-c2cccc(-c3cnc(-n4c5ccccc5c5c6sc7ccccc7c6ccc54)c(Cc4nc(-c5ccccc5)nc(-c5ccccc5)n4)c3)c2)cc1. The van der Waals surface area contributed by atoms with Crippen molar-refractivity contribution in [2.75, 3.05) is 0 Å². The minimum atomic E-state index is 0.440. The average molecular weight is 748 g/mol. The summed E-state index contributed by atoms with van der Waals surface area (Å²) in [6, 6.07) is 63.7. The van der Waals surface area contributed by atoms with Crippen LogP contribution in [0, 0.1) is 0 Å². The molecule has 0 aliphatic rings. The van der Waals surface area contributed by atoms with Crippen LogP contribution >= 0.6 is 11.3 Å². The monoisotopic (exact) mass is 747 g/mol. The highest BCUT2D eigenvalue weighted by Gasteiger charge is 2.21. The first-order chi connectivity index (χ1) is 28.2. The second kappa shape index (κ2) is 13.8. The number of pyridine rings is 1. The van der Waals surface area contributed by atoms with E-state index in [4.69, 9.17) is 19.9 Å². The first-order valence-electron chi connectivity index (χ1n) is 19.1. The second-order valence-electron chi connectivity index (χ2n) is 14.2. The van der Waals surface area contributed by atoms with Crippen molar-refractivity contribution in [2.45, 2.75) is 6.42 Å². The van der Waals surface area contributed by atoms with Gasteiger partial charge in [0.15, 0.2) is 11.6 Å². The Hall–Kier alpha value is -7.28. The van der Waals surface area contributed by atoms with Crippen molar-refractivity contribution in [1.29, 1.82) is 0 Å². The quantitative estimate of drug-likeness (QED) is 0.163. The fourth-order valence-corrected chi connectivity index (χ4v) is 9.33. The highest BCUT2D eigenvalue weighted by Crippen LogP contribution is 2.43. The van der Waals surface area contributed by atoms with E-state index in [0.29, 0.717) is 23.9 Å². The summed E-state index contributed by atoms with van der Waals surface area (Å²) < 4.78 is 4.92. The standard InChI is InChI=1S/C51H33N5S/c1-4-15-33(16-5-1)36-21-14-22-37(29-36)39-30-38(31-46-53-49(34-17-6-2-7-18-34)55-50(54-46)35-19-8-3-9-20-35)51(52-32-39)56-43-25-12-10-24-42(43)47-44(56)28-27-41-40-23-11-13-26-45(40)57-48(41)47/h1-30,32H,31H2. The summed E-state index contributed by atoms with van der Waals surface area (Å²) in [5.41, 5.74) is 9.58. The Morgan fingerprint density at radius 1 is 0.439 bits per heavy atom. The molecule has 11 rings (SSSR count). The first-order valence-corrected chi connectivity index (χ1v) is 19.9. The van der Waals surface area contributed by atoms with Crippen LogP contribution in [0.1, 0.15) is 11.4 Å². The van der Waals surface area contributed by atoms with Gasteiger partial charge in [0.1, 0.15) is 11.6 Å². The Kier molecular flexibility index (Phi) is 8.00. The lowest BCUT2D eigenvalue weighted by molar-refractivity contribution is 0.914. The normalized spacial score (nSPS) is 11.6. The molecule has 0 bridgehead atoms. The molecular weight excluding hydrogens is 715 g/mol. The van der Waals surface area contributed by atoms with E-state index in [0.717, 1.165) is 50.2 Å². The molecule has 268 valence electrons. The molecule has 0 N–H and O–H groups in total. The molecule has 0 radical (unpaired) electrons. The van der Waals surface area contributed by atoms with Crippen LogP contribution in [0.15, 0.2) is 188 Å². The summed E-state index contributed by atoms with van der Waals surface area (Å²) in [6.07, 6.45) is 2.45. The van der Waals surface area contributed by atoms with Gasteiger partial charge in [0.05, 0.1) is 11.0 Å². The largest absolute Gasteiger partial charge is 0.293 e. The van der Waals surface area contributed by atoms with E-state index >= 15 is 0 Å². The van der Waals surface area contributed by atoms with Gasteiger partial charge >= 0.3 is 0 Å². The molecule has 0 saturated carbocycles. The lowest BCUT2D eigenvalue weighted by atomic mass is 9.98. The van der Waals surface area contributed by atoms with Crippen molar-refractivity contribution in [3.63, 3.8) is 0 Å². The second-order valence-corrected chi connectivity index (χ2v) is 15.3. The lowest BCUT2D eigenvalue weighted by Gasteiger charge is -2.15. The van der Waals surface area contributed by atoms with Crippen molar-refractivity contribution >= 4 is 53.3 Å². The summed E-state index contributed by atoms with van der Waals surface area (Å²) in [7, 11) is 0. The fourth-order valence-electron chi connectivity index (χ4n) is 8.07. The molecule has 5 nitrogen and oxygen atoms in total. The van der Waals surface area contributed by atoms with E-state index in [1.165, 1.54) is 36.5 Å². The van der Waals surface area contributed by atoms with Gasteiger partial charge in [-0.15, -0.1) is 11.3 Å². The number of para-hydroxylation sites is 1. The van der Waals surface area contributed by atoms with Crippen molar-refractivity contribution in [1.82, 2.24) is 24.5 Å². The smallest absolute Gasteiger partial charge is 0.163 e. The number of thiophene rings is 1. The van der Waals surface area contributed by atoms with Crippen LogP contribution in [-0.4, -0.2) is 24.5 Å². The average Bonchev–Trinajstić information content (AvgIpc) is 3.83. The van der Waals surface area contributed by atoms with Gasteiger partial charge in [-0.05, 0) is 47.0 Å². The minimum absolute atomic E-state index is 0.440. The third kappa shape index (κ3) is 5.86. The molecule has 0 aliphatic heterocycles. The fraction of sp³-hybridized carbons (Fsp3) is 0.0196. The number of hydrogen-bond acceptors (Lipinski definition) is 5. The van der Waals surface area contributed by atoms with Gasteiger partial charge in [0, 0.05) is 65.8 Å². The number of rotatable bonds is 7. The van der Waals surface area contributed by atoms with Gasteiger partial charge in [-0.1, -0.05) is 152 Å². The van der Waals surface area contributed by atoms with Crippen molar-refractivity contribution < 1.29 is 0 Å². The van der Waals surface area contributed by atoms with E-state index < -0.39 is 0 Å². The Balaban J connectivity index is 1.15. The van der Waals surface area contributed by atoms with Crippen molar-refractivity contribution in [2.24, 2.45) is 0 Å². The van der Waals surface area contributed by atoms with Gasteiger partial charge in [-0.2, -0.15) is 0 Å².